The Morgan fingerprint density at radius 1 is 1.44 bits per heavy atom. The third kappa shape index (κ3) is 3.29. The molecule has 7 nitrogen and oxygen atoms in total. The van der Waals surface area contributed by atoms with Gasteiger partial charge in [-0.2, -0.15) is 5.10 Å². The zero-order chi connectivity index (χ0) is 13.8. The molecule has 0 fully saturated rings. The maximum Gasteiger partial charge on any atom is 0.244 e. The van der Waals surface area contributed by atoms with Crippen LogP contribution in [-0.4, -0.2) is 45.0 Å². The lowest BCUT2D eigenvalue weighted by Gasteiger charge is -2.07. The Kier molecular flexibility index (Phi) is 5.27. The van der Waals surface area contributed by atoms with Crippen LogP contribution in [0.1, 0.15) is 11.4 Å². The highest BCUT2D eigenvalue weighted by Gasteiger charge is 2.23. The molecule has 1 aromatic heterocycles. The van der Waals surface area contributed by atoms with Crippen LogP contribution < -0.4 is 10.5 Å². The molecule has 18 heavy (non-hydrogen) atoms. The van der Waals surface area contributed by atoms with Gasteiger partial charge in [0.05, 0.1) is 24.5 Å². The monoisotopic (exact) mass is 276 g/mol. The summed E-state index contributed by atoms with van der Waals surface area (Å²) >= 11 is 0. The number of ether oxygens (including phenoxy) is 1. The fraction of sp³-hybridized carbons (Fsp3) is 0.700. The van der Waals surface area contributed by atoms with Crippen molar-refractivity contribution in [3.8, 4) is 0 Å². The first-order valence-corrected chi connectivity index (χ1v) is 7.15. The molecule has 1 rings (SSSR count). The fourth-order valence-corrected chi connectivity index (χ4v) is 3.18. The van der Waals surface area contributed by atoms with E-state index in [1.807, 2.05) is 0 Å². The van der Waals surface area contributed by atoms with E-state index in [0.717, 1.165) is 0 Å². The summed E-state index contributed by atoms with van der Waals surface area (Å²) < 4.78 is 33.1. The van der Waals surface area contributed by atoms with E-state index in [9.17, 15) is 8.42 Å². The van der Waals surface area contributed by atoms with Crippen molar-refractivity contribution in [1.29, 1.82) is 0 Å². The van der Waals surface area contributed by atoms with E-state index in [2.05, 4.69) is 9.82 Å². The number of nitrogens with two attached hydrogens (primary N) is 1. The van der Waals surface area contributed by atoms with Crippen LogP contribution >= 0.6 is 0 Å². The van der Waals surface area contributed by atoms with Gasteiger partial charge in [-0.15, -0.1) is 0 Å². The molecule has 0 saturated heterocycles. The van der Waals surface area contributed by atoms with Crippen LogP contribution in [0.2, 0.25) is 0 Å². The average molecular weight is 276 g/mol. The summed E-state index contributed by atoms with van der Waals surface area (Å²) in [4.78, 5) is 0.229. The van der Waals surface area contributed by atoms with Crippen LogP contribution in [0.4, 0.5) is 0 Å². The lowest BCUT2D eigenvalue weighted by atomic mass is 10.4. The molecule has 0 spiro atoms. The highest BCUT2D eigenvalue weighted by atomic mass is 32.2. The SMILES string of the molecule is COCCNS(=O)(=O)c1c(C)nn(CCN)c1C. The molecule has 0 aliphatic rings. The van der Waals surface area contributed by atoms with E-state index in [1.54, 1.807) is 18.5 Å². The van der Waals surface area contributed by atoms with Gasteiger partial charge in [-0.05, 0) is 13.8 Å². The van der Waals surface area contributed by atoms with Crippen LogP contribution in [0.25, 0.3) is 0 Å². The van der Waals surface area contributed by atoms with Gasteiger partial charge in [0.2, 0.25) is 10.0 Å². The summed E-state index contributed by atoms with van der Waals surface area (Å²) in [5.74, 6) is 0. The number of hydrogen-bond donors (Lipinski definition) is 2. The molecule has 0 amide bonds. The third-order valence-corrected chi connectivity index (χ3v) is 4.24. The Morgan fingerprint density at radius 3 is 2.67 bits per heavy atom. The first-order chi connectivity index (χ1) is 8.44. The standard InChI is InChI=1S/C10H20N4O3S/c1-8-10(9(2)14(13-8)6-4-11)18(15,16)12-5-7-17-3/h12H,4-7,11H2,1-3H3. The molecule has 3 N–H and O–H groups in total. The maximum absolute atomic E-state index is 12.1. The van der Waals surface area contributed by atoms with E-state index < -0.39 is 10.0 Å². The fourth-order valence-electron chi connectivity index (χ4n) is 1.76. The number of methoxy groups -OCH3 is 1. The largest absolute Gasteiger partial charge is 0.383 e. The lowest BCUT2D eigenvalue weighted by molar-refractivity contribution is 0.204. The van der Waals surface area contributed by atoms with Crippen LogP contribution in [0.15, 0.2) is 4.90 Å². The van der Waals surface area contributed by atoms with Crippen LogP contribution in [-0.2, 0) is 21.3 Å². The number of aryl methyl sites for hydroxylation is 1. The summed E-state index contributed by atoms with van der Waals surface area (Å²) in [6.07, 6.45) is 0. The number of hydrogen-bond acceptors (Lipinski definition) is 5. The topological polar surface area (TPSA) is 99.2 Å². The van der Waals surface area contributed by atoms with Crippen molar-refractivity contribution in [2.75, 3.05) is 26.8 Å². The number of rotatable bonds is 7. The van der Waals surface area contributed by atoms with E-state index in [-0.39, 0.29) is 11.4 Å². The Labute approximate surface area is 107 Å². The minimum Gasteiger partial charge on any atom is -0.383 e. The minimum atomic E-state index is -3.55. The second-order valence-corrected chi connectivity index (χ2v) is 5.61. The lowest BCUT2D eigenvalue weighted by Crippen LogP contribution is -2.28. The molecule has 8 heteroatoms. The molecular weight excluding hydrogens is 256 g/mol. The van der Waals surface area contributed by atoms with E-state index in [1.165, 1.54) is 7.11 Å². The van der Waals surface area contributed by atoms with Crippen molar-refractivity contribution in [3.05, 3.63) is 11.4 Å². The highest BCUT2D eigenvalue weighted by molar-refractivity contribution is 7.89. The Bertz CT molecular complexity index is 495. The molecule has 0 radical (unpaired) electrons. The molecule has 0 aromatic carbocycles. The molecular formula is C10H20N4O3S. The summed E-state index contributed by atoms with van der Waals surface area (Å²) in [6, 6.07) is 0. The summed E-state index contributed by atoms with van der Waals surface area (Å²) in [5.41, 5.74) is 6.53. The Morgan fingerprint density at radius 2 is 2.11 bits per heavy atom. The molecule has 1 aromatic rings. The van der Waals surface area contributed by atoms with E-state index in [4.69, 9.17) is 10.5 Å². The maximum atomic E-state index is 12.1. The quantitative estimate of drug-likeness (QED) is 0.647. The van der Waals surface area contributed by atoms with Crippen molar-refractivity contribution in [3.63, 3.8) is 0 Å². The van der Waals surface area contributed by atoms with Crippen molar-refractivity contribution in [1.82, 2.24) is 14.5 Å². The zero-order valence-electron chi connectivity index (χ0n) is 10.9. The van der Waals surface area contributed by atoms with Crippen molar-refractivity contribution in [2.24, 2.45) is 5.73 Å². The first kappa shape index (κ1) is 15.1. The number of nitrogens with zero attached hydrogens (tertiary/aromatic N) is 2. The summed E-state index contributed by atoms with van der Waals surface area (Å²) in [5, 5.41) is 4.18. The van der Waals surface area contributed by atoms with Crippen molar-refractivity contribution < 1.29 is 13.2 Å². The predicted molar refractivity (Wildman–Crippen MR) is 67.8 cm³/mol. The molecule has 0 bridgehead atoms. The number of nitrogens with one attached hydrogen (secondary N) is 1. The smallest absolute Gasteiger partial charge is 0.244 e. The van der Waals surface area contributed by atoms with Gasteiger partial charge in [0.15, 0.2) is 0 Å². The van der Waals surface area contributed by atoms with Gasteiger partial charge in [-0.1, -0.05) is 0 Å². The summed E-state index contributed by atoms with van der Waals surface area (Å²) in [7, 11) is -2.03. The molecule has 0 atom stereocenters. The average Bonchev–Trinajstić information content (AvgIpc) is 2.55. The van der Waals surface area contributed by atoms with Crippen molar-refractivity contribution in [2.45, 2.75) is 25.3 Å². The van der Waals surface area contributed by atoms with Gasteiger partial charge in [-0.25, -0.2) is 13.1 Å². The van der Waals surface area contributed by atoms with Gasteiger partial charge in [0, 0.05) is 20.2 Å². The molecule has 104 valence electrons. The first-order valence-electron chi connectivity index (χ1n) is 5.66. The van der Waals surface area contributed by atoms with Gasteiger partial charge >= 0.3 is 0 Å². The second kappa shape index (κ2) is 6.28. The van der Waals surface area contributed by atoms with Crippen LogP contribution in [0.5, 0.6) is 0 Å². The van der Waals surface area contributed by atoms with E-state index >= 15 is 0 Å². The molecule has 0 saturated carbocycles. The third-order valence-electron chi connectivity index (χ3n) is 2.52. The zero-order valence-corrected chi connectivity index (χ0v) is 11.7. The van der Waals surface area contributed by atoms with Gasteiger partial charge < -0.3 is 10.5 Å². The van der Waals surface area contributed by atoms with Crippen LogP contribution in [0, 0.1) is 13.8 Å². The summed E-state index contributed by atoms with van der Waals surface area (Å²) in [6.45, 7) is 4.87. The Hall–Kier alpha value is -0.960. The van der Waals surface area contributed by atoms with Crippen LogP contribution in [0.3, 0.4) is 0 Å². The molecule has 0 unspecified atom stereocenters. The second-order valence-electron chi connectivity index (χ2n) is 3.90. The van der Waals surface area contributed by atoms with Gasteiger partial charge in [0.25, 0.3) is 0 Å². The predicted octanol–water partition coefficient (Wildman–Crippen LogP) is -0.617. The van der Waals surface area contributed by atoms with Gasteiger partial charge in [-0.3, -0.25) is 4.68 Å². The van der Waals surface area contributed by atoms with Gasteiger partial charge in [0.1, 0.15) is 4.90 Å². The van der Waals surface area contributed by atoms with E-state index in [0.29, 0.717) is 31.1 Å². The molecule has 1 heterocycles. The highest BCUT2D eigenvalue weighted by Crippen LogP contribution is 2.18. The number of aromatic nitrogens is 2. The minimum absolute atomic E-state index is 0.229. The molecule has 0 aliphatic carbocycles. The Balaban J connectivity index is 3.01. The number of sulfonamides is 1. The van der Waals surface area contributed by atoms with Crippen molar-refractivity contribution >= 4 is 10.0 Å². The molecule has 0 aliphatic heterocycles. The normalized spacial score (nSPS) is 12.0.